The van der Waals surface area contributed by atoms with Gasteiger partial charge in [-0.25, -0.2) is 4.98 Å². The Balaban J connectivity index is 1.68. The van der Waals surface area contributed by atoms with Crippen LogP contribution in [0, 0.1) is 0 Å². The van der Waals surface area contributed by atoms with E-state index in [0.717, 1.165) is 13.1 Å². The van der Waals surface area contributed by atoms with Crippen LogP contribution in [0.5, 0.6) is 0 Å². The van der Waals surface area contributed by atoms with Crippen molar-refractivity contribution in [2.24, 2.45) is 0 Å². The lowest BCUT2D eigenvalue weighted by molar-refractivity contribution is 0.229. The maximum Gasteiger partial charge on any atom is 0.241 e. The molecule has 6 nitrogen and oxygen atoms in total. The van der Waals surface area contributed by atoms with E-state index in [2.05, 4.69) is 44.1 Å². The molecule has 0 unspecified atom stereocenters. The third kappa shape index (κ3) is 3.53. The van der Waals surface area contributed by atoms with Gasteiger partial charge in [0.25, 0.3) is 0 Å². The Morgan fingerprint density at radius 3 is 2.68 bits per heavy atom. The zero-order valence-corrected chi connectivity index (χ0v) is 12.4. The smallest absolute Gasteiger partial charge is 0.241 e. The molecular formula is C16H17N5O. The van der Waals surface area contributed by atoms with Crippen molar-refractivity contribution in [2.75, 3.05) is 6.54 Å². The van der Waals surface area contributed by atoms with Crippen LogP contribution < -0.4 is 0 Å². The largest absolute Gasteiger partial charge is 0.337 e. The van der Waals surface area contributed by atoms with Crippen LogP contribution in [-0.4, -0.2) is 31.6 Å². The van der Waals surface area contributed by atoms with E-state index < -0.39 is 0 Å². The summed E-state index contributed by atoms with van der Waals surface area (Å²) in [6.07, 6.45) is 4.85. The van der Waals surface area contributed by atoms with Gasteiger partial charge in [-0.1, -0.05) is 42.4 Å². The summed E-state index contributed by atoms with van der Waals surface area (Å²) in [5.41, 5.74) is 1.88. The number of hydrogen-bond donors (Lipinski definition) is 0. The van der Waals surface area contributed by atoms with Gasteiger partial charge in [0.2, 0.25) is 11.7 Å². The third-order valence-electron chi connectivity index (χ3n) is 3.32. The first-order valence-corrected chi connectivity index (χ1v) is 7.20. The van der Waals surface area contributed by atoms with Crippen LogP contribution >= 0.6 is 0 Å². The quantitative estimate of drug-likeness (QED) is 0.696. The molecule has 0 spiro atoms. The number of hydrogen-bond acceptors (Lipinski definition) is 6. The average Bonchev–Trinajstić information content (AvgIpc) is 3.04. The van der Waals surface area contributed by atoms with Crippen LogP contribution in [0.3, 0.4) is 0 Å². The lowest BCUT2D eigenvalue weighted by Crippen LogP contribution is -2.22. The van der Waals surface area contributed by atoms with Crippen LogP contribution in [0.1, 0.15) is 18.4 Å². The summed E-state index contributed by atoms with van der Waals surface area (Å²) in [7, 11) is 0. The molecule has 3 rings (SSSR count). The predicted molar refractivity (Wildman–Crippen MR) is 81.6 cm³/mol. The first-order valence-electron chi connectivity index (χ1n) is 7.20. The van der Waals surface area contributed by atoms with E-state index in [1.165, 1.54) is 5.56 Å². The van der Waals surface area contributed by atoms with E-state index in [0.29, 0.717) is 24.0 Å². The molecule has 1 aromatic carbocycles. The number of benzene rings is 1. The summed E-state index contributed by atoms with van der Waals surface area (Å²) in [6, 6.07) is 10.3. The average molecular weight is 295 g/mol. The van der Waals surface area contributed by atoms with Crippen LogP contribution in [0.2, 0.25) is 0 Å². The molecule has 0 fully saturated rings. The van der Waals surface area contributed by atoms with E-state index in [4.69, 9.17) is 4.52 Å². The van der Waals surface area contributed by atoms with Crippen LogP contribution in [0.15, 0.2) is 53.4 Å². The topological polar surface area (TPSA) is 67.9 Å². The Morgan fingerprint density at radius 2 is 1.95 bits per heavy atom. The molecule has 0 saturated heterocycles. The third-order valence-corrected chi connectivity index (χ3v) is 3.32. The number of nitrogens with zero attached hydrogens (tertiary/aromatic N) is 5. The Kier molecular flexibility index (Phi) is 4.50. The highest BCUT2D eigenvalue weighted by atomic mass is 16.5. The summed E-state index contributed by atoms with van der Waals surface area (Å²) in [4.78, 5) is 14.8. The molecule has 112 valence electrons. The van der Waals surface area contributed by atoms with Crippen molar-refractivity contribution in [3.8, 4) is 11.5 Å². The van der Waals surface area contributed by atoms with Gasteiger partial charge in [-0.2, -0.15) is 4.98 Å². The zero-order chi connectivity index (χ0) is 15.2. The molecule has 0 saturated carbocycles. The van der Waals surface area contributed by atoms with Gasteiger partial charge in [0, 0.05) is 18.9 Å². The Bertz CT molecular complexity index is 699. The van der Waals surface area contributed by atoms with Crippen molar-refractivity contribution < 1.29 is 4.52 Å². The summed E-state index contributed by atoms with van der Waals surface area (Å²) < 4.78 is 5.32. The highest BCUT2D eigenvalue weighted by molar-refractivity contribution is 5.45. The van der Waals surface area contributed by atoms with Crippen molar-refractivity contribution in [2.45, 2.75) is 20.0 Å². The summed E-state index contributed by atoms with van der Waals surface area (Å²) >= 11 is 0. The van der Waals surface area contributed by atoms with Gasteiger partial charge in [-0.15, -0.1) is 0 Å². The minimum Gasteiger partial charge on any atom is -0.337 e. The fourth-order valence-corrected chi connectivity index (χ4v) is 2.15. The zero-order valence-electron chi connectivity index (χ0n) is 12.4. The minimum absolute atomic E-state index is 0.471. The first-order chi connectivity index (χ1) is 10.8. The fourth-order valence-electron chi connectivity index (χ4n) is 2.15. The lowest BCUT2D eigenvalue weighted by Gasteiger charge is -2.18. The molecule has 3 aromatic rings. The highest BCUT2D eigenvalue weighted by Crippen LogP contribution is 2.13. The van der Waals surface area contributed by atoms with Crippen molar-refractivity contribution in [1.82, 2.24) is 25.0 Å². The highest BCUT2D eigenvalue weighted by Gasteiger charge is 2.13. The molecule has 0 aliphatic carbocycles. The SMILES string of the molecule is CCN(Cc1ccccc1)Cc1nc(-c2cnccn2)no1. The van der Waals surface area contributed by atoms with E-state index in [-0.39, 0.29) is 0 Å². The van der Waals surface area contributed by atoms with Gasteiger partial charge < -0.3 is 4.52 Å². The molecule has 0 aliphatic heterocycles. The number of rotatable bonds is 6. The van der Waals surface area contributed by atoms with Gasteiger partial charge >= 0.3 is 0 Å². The van der Waals surface area contributed by atoms with Crippen LogP contribution in [0.25, 0.3) is 11.5 Å². The molecule has 0 atom stereocenters. The Labute approximate surface area is 128 Å². The summed E-state index contributed by atoms with van der Waals surface area (Å²) in [6.45, 7) is 4.47. The summed E-state index contributed by atoms with van der Waals surface area (Å²) in [5.74, 6) is 1.05. The van der Waals surface area contributed by atoms with Gasteiger partial charge in [-0.05, 0) is 12.1 Å². The normalized spacial score (nSPS) is 11.0. The van der Waals surface area contributed by atoms with E-state index >= 15 is 0 Å². The molecule has 0 amide bonds. The Morgan fingerprint density at radius 1 is 1.09 bits per heavy atom. The molecule has 6 heteroatoms. The standard InChI is InChI=1S/C16H17N5O/c1-2-21(11-13-6-4-3-5-7-13)12-15-19-16(20-22-15)14-10-17-8-9-18-14/h3-10H,2,11-12H2,1H3. The van der Waals surface area contributed by atoms with E-state index in [1.54, 1.807) is 18.6 Å². The molecule has 22 heavy (non-hydrogen) atoms. The molecule has 0 N–H and O–H groups in total. The maximum absolute atomic E-state index is 5.32. The molecule has 2 aromatic heterocycles. The lowest BCUT2D eigenvalue weighted by atomic mass is 10.2. The van der Waals surface area contributed by atoms with Crippen molar-refractivity contribution >= 4 is 0 Å². The maximum atomic E-state index is 5.32. The molecular weight excluding hydrogens is 278 g/mol. The first kappa shape index (κ1) is 14.3. The van der Waals surface area contributed by atoms with Crippen molar-refractivity contribution in [3.63, 3.8) is 0 Å². The van der Waals surface area contributed by atoms with Gasteiger partial charge in [-0.3, -0.25) is 9.88 Å². The van der Waals surface area contributed by atoms with Crippen LogP contribution in [-0.2, 0) is 13.1 Å². The molecule has 0 radical (unpaired) electrons. The van der Waals surface area contributed by atoms with Gasteiger partial charge in [0.1, 0.15) is 5.69 Å². The Hall–Kier alpha value is -2.60. The second-order valence-corrected chi connectivity index (χ2v) is 4.89. The number of aromatic nitrogens is 4. The molecule has 0 bridgehead atoms. The van der Waals surface area contributed by atoms with E-state index in [9.17, 15) is 0 Å². The van der Waals surface area contributed by atoms with Gasteiger partial charge in [0.05, 0.1) is 12.7 Å². The molecule has 2 heterocycles. The van der Waals surface area contributed by atoms with Crippen molar-refractivity contribution in [3.05, 3.63) is 60.4 Å². The fraction of sp³-hybridized carbons (Fsp3) is 0.250. The monoisotopic (exact) mass is 295 g/mol. The predicted octanol–water partition coefficient (Wildman–Crippen LogP) is 2.55. The van der Waals surface area contributed by atoms with Gasteiger partial charge in [0.15, 0.2) is 0 Å². The van der Waals surface area contributed by atoms with E-state index in [1.807, 2.05) is 18.2 Å². The second-order valence-electron chi connectivity index (χ2n) is 4.89. The summed E-state index contributed by atoms with van der Waals surface area (Å²) in [5, 5.41) is 3.97. The van der Waals surface area contributed by atoms with Crippen LogP contribution in [0.4, 0.5) is 0 Å². The van der Waals surface area contributed by atoms with Crippen molar-refractivity contribution in [1.29, 1.82) is 0 Å². The molecule has 0 aliphatic rings. The second kappa shape index (κ2) is 6.91. The minimum atomic E-state index is 0.471.